The highest BCUT2D eigenvalue weighted by Gasteiger charge is 2.31. The van der Waals surface area contributed by atoms with Crippen molar-refractivity contribution >= 4 is 17.5 Å². The Balaban J connectivity index is 2.69. The average molecular weight is 388 g/mol. The SMILES string of the molecule is CCCOc1ccc(C(F)(F)F)cc1NC(=O)CCCNC(=O)C(C)(C)C. The van der Waals surface area contributed by atoms with Gasteiger partial charge >= 0.3 is 6.18 Å². The van der Waals surface area contributed by atoms with Crippen molar-refractivity contribution in [3.05, 3.63) is 23.8 Å². The molecule has 152 valence electrons. The van der Waals surface area contributed by atoms with Crippen molar-refractivity contribution in [1.82, 2.24) is 5.32 Å². The van der Waals surface area contributed by atoms with Gasteiger partial charge in [-0.3, -0.25) is 9.59 Å². The standard InChI is InChI=1S/C19H27F3N2O3/c1-5-11-27-15-9-8-13(19(20,21)22)12-14(15)24-16(25)7-6-10-23-17(26)18(2,3)4/h8-9,12H,5-7,10-11H2,1-4H3,(H,23,26)(H,24,25). The average Bonchev–Trinajstić information content (AvgIpc) is 2.55. The quantitative estimate of drug-likeness (QED) is 0.650. The van der Waals surface area contributed by atoms with E-state index >= 15 is 0 Å². The lowest BCUT2D eigenvalue weighted by atomic mass is 9.96. The second-order valence-electron chi connectivity index (χ2n) is 7.21. The van der Waals surface area contributed by atoms with E-state index in [1.54, 1.807) is 20.8 Å². The number of carbonyl (C=O) groups excluding carboxylic acids is 2. The zero-order chi connectivity index (χ0) is 20.7. The van der Waals surface area contributed by atoms with Crippen LogP contribution in [0.2, 0.25) is 0 Å². The highest BCUT2D eigenvalue weighted by molar-refractivity contribution is 5.92. The van der Waals surface area contributed by atoms with Crippen molar-refractivity contribution in [2.75, 3.05) is 18.5 Å². The van der Waals surface area contributed by atoms with E-state index < -0.39 is 23.1 Å². The Bertz CT molecular complexity index is 653. The highest BCUT2D eigenvalue weighted by Crippen LogP contribution is 2.35. The Morgan fingerprint density at radius 3 is 2.37 bits per heavy atom. The predicted octanol–water partition coefficient (Wildman–Crippen LogP) is 4.38. The molecule has 0 saturated carbocycles. The third kappa shape index (κ3) is 7.88. The summed E-state index contributed by atoms with van der Waals surface area (Å²) >= 11 is 0. The largest absolute Gasteiger partial charge is 0.491 e. The Hall–Kier alpha value is -2.25. The van der Waals surface area contributed by atoms with Crippen molar-refractivity contribution in [2.24, 2.45) is 5.41 Å². The fourth-order valence-electron chi connectivity index (χ4n) is 2.07. The van der Waals surface area contributed by atoms with Crippen LogP contribution in [0.15, 0.2) is 18.2 Å². The monoisotopic (exact) mass is 388 g/mol. The Morgan fingerprint density at radius 1 is 1.15 bits per heavy atom. The van der Waals surface area contributed by atoms with Crippen LogP contribution in [0.25, 0.3) is 0 Å². The number of halogens is 3. The van der Waals surface area contributed by atoms with Gasteiger partial charge in [-0.05, 0) is 31.0 Å². The van der Waals surface area contributed by atoms with Crippen molar-refractivity contribution in [2.45, 2.75) is 53.1 Å². The molecule has 27 heavy (non-hydrogen) atoms. The number of ether oxygens (including phenoxy) is 1. The van der Waals surface area contributed by atoms with E-state index in [9.17, 15) is 22.8 Å². The normalized spacial score (nSPS) is 11.8. The lowest BCUT2D eigenvalue weighted by Crippen LogP contribution is -2.35. The smallest absolute Gasteiger partial charge is 0.416 e. The summed E-state index contributed by atoms with van der Waals surface area (Å²) in [5.74, 6) is -0.379. The molecule has 0 aliphatic rings. The first-order valence-electron chi connectivity index (χ1n) is 8.87. The second kappa shape index (κ2) is 9.62. The van der Waals surface area contributed by atoms with Crippen LogP contribution < -0.4 is 15.4 Å². The van der Waals surface area contributed by atoms with E-state index in [0.29, 0.717) is 26.0 Å². The highest BCUT2D eigenvalue weighted by atomic mass is 19.4. The van der Waals surface area contributed by atoms with Crippen molar-refractivity contribution in [3.63, 3.8) is 0 Å². The predicted molar refractivity (Wildman–Crippen MR) is 97.6 cm³/mol. The summed E-state index contributed by atoms with van der Waals surface area (Å²) in [6, 6.07) is 2.99. The number of amides is 2. The molecule has 8 heteroatoms. The van der Waals surface area contributed by atoms with Gasteiger partial charge in [0, 0.05) is 18.4 Å². The van der Waals surface area contributed by atoms with Gasteiger partial charge in [-0.25, -0.2) is 0 Å². The molecule has 2 amide bonds. The molecule has 0 unspecified atom stereocenters. The summed E-state index contributed by atoms with van der Waals surface area (Å²) in [7, 11) is 0. The molecule has 5 nitrogen and oxygen atoms in total. The van der Waals surface area contributed by atoms with Crippen molar-refractivity contribution < 1.29 is 27.5 Å². The molecular formula is C19H27F3N2O3. The first-order valence-corrected chi connectivity index (χ1v) is 8.87. The maximum absolute atomic E-state index is 12.9. The summed E-state index contributed by atoms with van der Waals surface area (Å²) in [5, 5.41) is 5.19. The van der Waals surface area contributed by atoms with Crippen LogP contribution in [0, 0.1) is 5.41 Å². The topological polar surface area (TPSA) is 67.4 Å². The molecule has 0 bridgehead atoms. The zero-order valence-electron chi connectivity index (χ0n) is 16.1. The molecule has 0 heterocycles. The molecule has 2 N–H and O–H groups in total. The van der Waals surface area contributed by atoms with E-state index in [0.717, 1.165) is 12.1 Å². The van der Waals surface area contributed by atoms with Gasteiger partial charge in [-0.15, -0.1) is 0 Å². The molecule has 0 spiro atoms. The van der Waals surface area contributed by atoms with Crippen LogP contribution in [0.3, 0.4) is 0 Å². The zero-order valence-corrected chi connectivity index (χ0v) is 16.1. The number of benzene rings is 1. The van der Waals surface area contributed by atoms with Gasteiger partial charge in [0.15, 0.2) is 0 Å². The van der Waals surface area contributed by atoms with Gasteiger partial charge in [0.1, 0.15) is 5.75 Å². The van der Waals surface area contributed by atoms with E-state index in [4.69, 9.17) is 4.74 Å². The van der Waals surface area contributed by atoms with E-state index in [1.165, 1.54) is 6.07 Å². The number of anilines is 1. The number of carbonyl (C=O) groups is 2. The molecule has 0 saturated heterocycles. The van der Waals surface area contributed by atoms with Gasteiger partial charge in [0.2, 0.25) is 11.8 Å². The Labute approximate surface area is 157 Å². The molecule has 0 aromatic heterocycles. The van der Waals surface area contributed by atoms with Crippen LogP contribution in [0.4, 0.5) is 18.9 Å². The molecule has 1 aromatic carbocycles. The van der Waals surface area contributed by atoms with Crippen LogP contribution in [-0.2, 0) is 15.8 Å². The maximum atomic E-state index is 12.9. The third-order valence-corrected chi connectivity index (χ3v) is 3.59. The lowest BCUT2D eigenvalue weighted by molar-refractivity contribution is -0.137. The maximum Gasteiger partial charge on any atom is 0.416 e. The number of nitrogens with one attached hydrogen (secondary N) is 2. The van der Waals surface area contributed by atoms with Crippen LogP contribution in [0.1, 0.15) is 52.5 Å². The molecule has 0 fully saturated rings. The molecular weight excluding hydrogens is 361 g/mol. The summed E-state index contributed by atoms with van der Waals surface area (Å²) in [4.78, 5) is 23.8. The van der Waals surface area contributed by atoms with Crippen LogP contribution >= 0.6 is 0 Å². The fraction of sp³-hybridized carbons (Fsp3) is 0.579. The number of alkyl halides is 3. The molecule has 0 atom stereocenters. The molecule has 1 aromatic rings. The number of hydrogen-bond donors (Lipinski definition) is 2. The van der Waals surface area contributed by atoms with Gasteiger partial charge in [-0.1, -0.05) is 27.7 Å². The molecule has 0 aliphatic carbocycles. The third-order valence-electron chi connectivity index (χ3n) is 3.59. The second-order valence-corrected chi connectivity index (χ2v) is 7.21. The minimum atomic E-state index is -4.51. The van der Waals surface area contributed by atoms with Gasteiger partial charge < -0.3 is 15.4 Å². The van der Waals surface area contributed by atoms with E-state index in [2.05, 4.69) is 10.6 Å². The van der Waals surface area contributed by atoms with Crippen LogP contribution in [-0.4, -0.2) is 25.0 Å². The van der Waals surface area contributed by atoms with E-state index in [1.807, 2.05) is 6.92 Å². The molecule has 1 rings (SSSR count). The minimum Gasteiger partial charge on any atom is -0.491 e. The van der Waals surface area contributed by atoms with Crippen LogP contribution in [0.5, 0.6) is 5.75 Å². The molecule has 0 aliphatic heterocycles. The van der Waals surface area contributed by atoms with E-state index in [-0.39, 0.29) is 23.8 Å². The van der Waals surface area contributed by atoms with Crippen molar-refractivity contribution in [3.8, 4) is 5.75 Å². The number of hydrogen-bond acceptors (Lipinski definition) is 3. The first-order chi connectivity index (χ1) is 12.4. The van der Waals surface area contributed by atoms with Gasteiger partial charge in [-0.2, -0.15) is 13.2 Å². The summed E-state index contributed by atoms with van der Waals surface area (Å²) < 4.78 is 44.2. The lowest BCUT2D eigenvalue weighted by Gasteiger charge is -2.17. The summed E-state index contributed by atoms with van der Waals surface area (Å²) in [6.07, 6.45) is -3.40. The van der Waals surface area contributed by atoms with Crippen molar-refractivity contribution in [1.29, 1.82) is 0 Å². The Morgan fingerprint density at radius 2 is 1.81 bits per heavy atom. The Kier molecular flexibility index (Phi) is 8.12. The minimum absolute atomic E-state index is 0.0120. The first kappa shape index (κ1) is 22.8. The molecule has 0 radical (unpaired) electrons. The number of rotatable bonds is 8. The summed E-state index contributed by atoms with van der Waals surface area (Å²) in [6.45, 7) is 7.84. The summed E-state index contributed by atoms with van der Waals surface area (Å²) in [5.41, 5.74) is -1.40. The van der Waals surface area contributed by atoms with Gasteiger partial charge in [0.25, 0.3) is 0 Å². The van der Waals surface area contributed by atoms with Gasteiger partial charge in [0.05, 0.1) is 17.9 Å². The fourth-order valence-corrected chi connectivity index (χ4v) is 2.07.